The summed E-state index contributed by atoms with van der Waals surface area (Å²) in [5, 5.41) is 10.6. The van der Waals surface area contributed by atoms with Crippen LogP contribution in [0, 0.1) is 0 Å². The Kier molecular flexibility index (Phi) is 9.52. The van der Waals surface area contributed by atoms with E-state index in [9.17, 15) is 24.0 Å². The fraction of sp³-hybridized carbons (Fsp3) is 0.762. The van der Waals surface area contributed by atoms with E-state index in [0.29, 0.717) is 19.4 Å². The predicted molar refractivity (Wildman–Crippen MR) is 131 cm³/mol. The van der Waals surface area contributed by atoms with Crippen LogP contribution >= 0.6 is 21.6 Å². The number of ether oxygens (including phenoxy) is 1. The molecule has 2 heterocycles. The number of rotatable bonds is 2. The van der Waals surface area contributed by atoms with Gasteiger partial charge in [-0.2, -0.15) is 0 Å². The first-order valence-electron chi connectivity index (χ1n) is 11.1. The summed E-state index contributed by atoms with van der Waals surface area (Å²) in [6.45, 7) is 8.63. The fourth-order valence-corrected chi connectivity index (χ4v) is 5.82. The van der Waals surface area contributed by atoms with Crippen molar-refractivity contribution in [3.63, 3.8) is 0 Å². The maximum absolute atomic E-state index is 13.4. The summed E-state index contributed by atoms with van der Waals surface area (Å²) < 4.78 is 5.32. The Morgan fingerprint density at radius 1 is 1.15 bits per heavy atom. The number of hydrogen-bond donors (Lipinski definition) is 4. The zero-order chi connectivity index (χ0) is 25.7. The second kappa shape index (κ2) is 11.5. The molecule has 5 amide bonds. The summed E-state index contributed by atoms with van der Waals surface area (Å²) >= 11 is 0. The van der Waals surface area contributed by atoms with Crippen molar-refractivity contribution in [1.29, 1.82) is 0 Å². The van der Waals surface area contributed by atoms with Gasteiger partial charge in [-0.05, 0) is 47.5 Å². The molecule has 2 aliphatic heterocycles. The first-order valence-corrected chi connectivity index (χ1v) is 13.6. The van der Waals surface area contributed by atoms with Gasteiger partial charge < -0.3 is 30.9 Å². The van der Waals surface area contributed by atoms with Gasteiger partial charge in [0.15, 0.2) is 0 Å². The molecule has 0 bridgehead atoms. The highest BCUT2D eigenvalue weighted by atomic mass is 33.1. The number of likely N-dealkylation sites (N-methyl/N-ethyl adjacent to an activating group) is 1. The Morgan fingerprint density at radius 2 is 1.79 bits per heavy atom. The molecule has 0 saturated carbocycles. The molecule has 4 N–H and O–H groups in total. The molecule has 13 heteroatoms. The lowest BCUT2D eigenvalue weighted by atomic mass is 10.0. The van der Waals surface area contributed by atoms with Gasteiger partial charge in [-0.25, -0.2) is 4.79 Å². The normalized spacial score (nSPS) is 26.5. The standard InChI is InChI=1S/C21H35N5O6S2/c1-20(2,3)32-19(31)24-13-11-34-33-10-12(15(27)22-6)23-18(30)21(4,5)25-16(28)14-8-7-9-26(14)17(13)29/h12-14H,7-11H2,1-6H3,(H,22,27)(H,23,30)(H,24,31)(H,25,28)/t12-,13-,14-/m0/s1. The van der Waals surface area contributed by atoms with E-state index >= 15 is 0 Å². The van der Waals surface area contributed by atoms with Crippen LogP contribution in [0.4, 0.5) is 4.79 Å². The molecule has 192 valence electrons. The van der Waals surface area contributed by atoms with Crippen LogP contribution in [-0.2, 0) is 23.9 Å². The van der Waals surface area contributed by atoms with Gasteiger partial charge in [0.25, 0.3) is 0 Å². The minimum absolute atomic E-state index is 0.188. The van der Waals surface area contributed by atoms with Gasteiger partial charge >= 0.3 is 6.09 Å². The van der Waals surface area contributed by atoms with Gasteiger partial charge in [0.1, 0.15) is 29.3 Å². The molecule has 34 heavy (non-hydrogen) atoms. The third-order valence-corrected chi connectivity index (χ3v) is 7.67. The predicted octanol–water partition coefficient (Wildman–Crippen LogP) is 0.391. The van der Waals surface area contributed by atoms with Gasteiger partial charge in [-0.1, -0.05) is 21.6 Å². The number of carbonyl (C=O) groups is 5. The molecular formula is C21H35N5O6S2. The van der Waals surface area contributed by atoms with E-state index in [4.69, 9.17) is 4.74 Å². The summed E-state index contributed by atoms with van der Waals surface area (Å²) in [5.41, 5.74) is -2.05. The van der Waals surface area contributed by atoms with Gasteiger partial charge in [-0.15, -0.1) is 0 Å². The van der Waals surface area contributed by atoms with Crippen molar-refractivity contribution in [2.45, 2.75) is 76.7 Å². The molecule has 0 aliphatic carbocycles. The topological polar surface area (TPSA) is 146 Å². The minimum atomic E-state index is -1.31. The Labute approximate surface area is 208 Å². The highest BCUT2D eigenvalue weighted by molar-refractivity contribution is 8.76. The quantitative estimate of drug-likeness (QED) is 0.385. The smallest absolute Gasteiger partial charge is 0.408 e. The van der Waals surface area contributed by atoms with Crippen LogP contribution in [0.15, 0.2) is 0 Å². The van der Waals surface area contributed by atoms with E-state index in [1.165, 1.54) is 33.5 Å². The Balaban J connectivity index is 2.31. The van der Waals surface area contributed by atoms with E-state index < -0.39 is 53.1 Å². The van der Waals surface area contributed by atoms with E-state index in [1.807, 2.05) is 0 Å². The maximum Gasteiger partial charge on any atom is 0.408 e. The van der Waals surface area contributed by atoms with E-state index in [1.54, 1.807) is 34.6 Å². The van der Waals surface area contributed by atoms with E-state index in [-0.39, 0.29) is 17.4 Å². The number of nitrogens with zero attached hydrogens (tertiary/aromatic N) is 1. The third-order valence-electron chi connectivity index (χ3n) is 5.25. The zero-order valence-corrected chi connectivity index (χ0v) is 22.1. The lowest BCUT2D eigenvalue weighted by Crippen LogP contribution is -2.62. The van der Waals surface area contributed by atoms with Crippen LogP contribution < -0.4 is 21.3 Å². The van der Waals surface area contributed by atoms with Crippen LogP contribution in [0.5, 0.6) is 0 Å². The number of alkyl carbamates (subject to hydrolysis) is 1. The van der Waals surface area contributed by atoms with Gasteiger partial charge in [0.2, 0.25) is 23.6 Å². The number of carbonyl (C=O) groups excluding carboxylic acids is 5. The van der Waals surface area contributed by atoms with Gasteiger partial charge in [0.05, 0.1) is 0 Å². The maximum atomic E-state index is 13.4. The first-order chi connectivity index (χ1) is 15.7. The lowest BCUT2D eigenvalue weighted by Gasteiger charge is -2.33. The molecule has 2 rings (SSSR count). The molecule has 0 aromatic rings. The van der Waals surface area contributed by atoms with Crippen LogP contribution in [0.3, 0.4) is 0 Å². The summed E-state index contributed by atoms with van der Waals surface area (Å²) in [6, 6.07) is -2.53. The molecule has 0 spiro atoms. The van der Waals surface area contributed by atoms with E-state index in [2.05, 4.69) is 21.3 Å². The average Bonchev–Trinajstić information content (AvgIpc) is 3.21. The second-order valence-corrected chi connectivity index (χ2v) is 12.3. The highest BCUT2D eigenvalue weighted by Gasteiger charge is 2.41. The Bertz CT molecular complexity index is 816. The molecular weight excluding hydrogens is 482 g/mol. The summed E-state index contributed by atoms with van der Waals surface area (Å²) in [6.07, 6.45) is 0.336. The van der Waals surface area contributed by atoms with E-state index in [0.717, 1.165) is 0 Å². The molecule has 0 unspecified atom stereocenters. The van der Waals surface area contributed by atoms with Crippen molar-refractivity contribution in [2.24, 2.45) is 0 Å². The zero-order valence-electron chi connectivity index (χ0n) is 20.5. The average molecular weight is 518 g/mol. The lowest BCUT2D eigenvalue weighted by molar-refractivity contribution is -0.141. The molecule has 11 nitrogen and oxygen atoms in total. The van der Waals surface area contributed by atoms with Crippen LogP contribution in [-0.4, -0.2) is 89.0 Å². The van der Waals surface area contributed by atoms with Crippen molar-refractivity contribution >= 4 is 51.3 Å². The van der Waals surface area contributed by atoms with Crippen LogP contribution in [0.2, 0.25) is 0 Å². The Morgan fingerprint density at radius 3 is 2.41 bits per heavy atom. The largest absolute Gasteiger partial charge is 0.444 e. The van der Waals surface area contributed by atoms with Crippen molar-refractivity contribution in [3.05, 3.63) is 0 Å². The fourth-order valence-electron chi connectivity index (χ4n) is 3.50. The second-order valence-electron chi connectivity index (χ2n) is 9.71. The summed E-state index contributed by atoms with van der Waals surface area (Å²) in [4.78, 5) is 65.5. The van der Waals surface area contributed by atoms with Gasteiger partial charge in [-0.3, -0.25) is 19.2 Å². The molecule has 2 saturated heterocycles. The number of nitrogens with one attached hydrogen (secondary N) is 4. The SMILES string of the molecule is CNC(=O)[C@@H]1CSSC[C@H](NC(=O)OC(C)(C)C)C(=O)N2CCC[C@H]2C(=O)NC(C)(C)C(=O)N1. The van der Waals surface area contributed by atoms with Gasteiger partial charge in [0, 0.05) is 25.1 Å². The minimum Gasteiger partial charge on any atom is -0.444 e. The number of fused-ring (bicyclic) bond motifs is 1. The third kappa shape index (κ3) is 7.69. The number of amides is 5. The molecule has 0 aromatic carbocycles. The summed E-state index contributed by atoms with van der Waals surface area (Å²) in [5.74, 6) is -1.32. The van der Waals surface area contributed by atoms with Crippen LogP contribution in [0.1, 0.15) is 47.5 Å². The molecule has 3 atom stereocenters. The summed E-state index contributed by atoms with van der Waals surface area (Å²) in [7, 11) is 4.05. The first kappa shape index (κ1) is 28.1. The van der Waals surface area contributed by atoms with Crippen LogP contribution in [0.25, 0.3) is 0 Å². The van der Waals surface area contributed by atoms with Crippen molar-refractivity contribution in [3.8, 4) is 0 Å². The number of hydrogen-bond acceptors (Lipinski definition) is 8. The molecule has 0 radical (unpaired) electrons. The Hall–Kier alpha value is -2.15. The van der Waals surface area contributed by atoms with Crippen molar-refractivity contribution in [1.82, 2.24) is 26.2 Å². The molecule has 2 fully saturated rings. The molecule has 2 aliphatic rings. The molecule has 0 aromatic heterocycles. The highest BCUT2D eigenvalue weighted by Crippen LogP contribution is 2.26. The van der Waals surface area contributed by atoms with Crippen molar-refractivity contribution < 1.29 is 28.7 Å². The van der Waals surface area contributed by atoms with Crippen molar-refractivity contribution in [2.75, 3.05) is 25.1 Å². The monoisotopic (exact) mass is 517 g/mol.